The molecule has 2 aromatic heterocycles. The molecule has 19 heavy (non-hydrogen) atoms. The van der Waals surface area contributed by atoms with Crippen LogP contribution < -0.4 is 10.6 Å². The molecule has 0 aromatic carbocycles. The van der Waals surface area contributed by atoms with Crippen LogP contribution in [-0.4, -0.2) is 29.1 Å². The molecule has 4 nitrogen and oxygen atoms in total. The van der Waals surface area contributed by atoms with E-state index in [1.54, 1.807) is 17.7 Å². The van der Waals surface area contributed by atoms with Crippen molar-refractivity contribution in [2.75, 3.05) is 18.0 Å². The third-order valence-electron chi connectivity index (χ3n) is 4.01. The maximum absolute atomic E-state index is 6.07. The quantitative estimate of drug-likeness (QED) is 0.916. The van der Waals surface area contributed by atoms with Gasteiger partial charge in [0.2, 0.25) is 0 Å². The topological polar surface area (TPSA) is 55.0 Å². The fourth-order valence-electron chi connectivity index (χ4n) is 2.81. The van der Waals surface area contributed by atoms with E-state index < -0.39 is 0 Å². The number of thiophene rings is 1. The van der Waals surface area contributed by atoms with Gasteiger partial charge in [-0.15, -0.1) is 11.3 Å². The Kier molecular flexibility index (Phi) is 3.41. The molecule has 2 atom stereocenters. The fraction of sp³-hybridized carbons (Fsp3) is 0.571. The average molecular weight is 276 g/mol. The van der Waals surface area contributed by atoms with Crippen LogP contribution in [0.4, 0.5) is 5.82 Å². The molecule has 0 aliphatic carbocycles. The molecule has 2 N–H and O–H groups in total. The molecule has 1 aliphatic rings. The van der Waals surface area contributed by atoms with Crippen molar-refractivity contribution in [1.82, 2.24) is 9.97 Å². The van der Waals surface area contributed by atoms with Crippen LogP contribution in [0.3, 0.4) is 0 Å². The molecule has 0 radical (unpaired) electrons. The summed E-state index contributed by atoms with van der Waals surface area (Å²) in [5, 5.41) is 2.16. The summed E-state index contributed by atoms with van der Waals surface area (Å²) in [6, 6.07) is 0.255. The van der Waals surface area contributed by atoms with Crippen molar-refractivity contribution in [3.05, 3.63) is 17.3 Å². The smallest absolute Gasteiger partial charge is 0.150 e. The van der Waals surface area contributed by atoms with Gasteiger partial charge >= 0.3 is 0 Å². The lowest BCUT2D eigenvalue weighted by Crippen LogP contribution is -2.42. The molecule has 2 unspecified atom stereocenters. The third-order valence-corrected chi connectivity index (χ3v) is 5.10. The fourth-order valence-corrected chi connectivity index (χ4v) is 3.83. The van der Waals surface area contributed by atoms with E-state index in [4.69, 9.17) is 5.73 Å². The predicted octanol–water partition coefficient (Wildman–Crippen LogP) is 2.56. The van der Waals surface area contributed by atoms with Crippen LogP contribution in [0.25, 0.3) is 10.2 Å². The van der Waals surface area contributed by atoms with Gasteiger partial charge in [0.15, 0.2) is 0 Å². The second-order valence-corrected chi connectivity index (χ2v) is 6.38. The number of aryl methyl sites for hydroxylation is 1. The Morgan fingerprint density at radius 3 is 3.11 bits per heavy atom. The Morgan fingerprint density at radius 1 is 1.47 bits per heavy atom. The molecule has 2 aromatic rings. The van der Waals surface area contributed by atoms with Crippen molar-refractivity contribution >= 4 is 27.4 Å². The maximum Gasteiger partial charge on any atom is 0.150 e. The lowest BCUT2D eigenvalue weighted by atomic mass is 9.92. The molecule has 3 heterocycles. The van der Waals surface area contributed by atoms with Gasteiger partial charge in [0.25, 0.3) is 0 Å². The molecule has 102 valence electrons. The van der Waals surface area contributed by atoms with Gasteiger partial charge in [0, 0.05) is 19.1 Å². The van der Waals surface area contributed by atoms with Crippen molar-refractivity contribution in [3.8, 4) is 0 Å². The van der Waals surface area contributed by atoms with Gasteiger partial charge in [-0.2, -0.15) is 0 Å². The van der Waals surface area contributed by atoms with Crippen molar-refractivity contribution in [3.63, 3.8) is 0 Å². The predicted molar refractivity (Wildman–Crippen MR) is 80.7 cm³/mol. The summed E-state index contributed by atoms with van der Waals surface area (Å²) in [5.74, 6) is 1.66. The normalized spacial score (nSPS) is 21.8. The lowest BCUT2D eigenvalue weighted by Gasteiger charge is -2.35. The highest BCUT2D eigenvalue weighted by atomic mass is 32.1. The first-order valence-electron chi connectivity index (χ1n) is 6.86. The number of rotatable bonds is 2. The Labute approximate surface area is 117 Å². The van der Waals surface area contributed by atoms with E-state index in [0.717, 1.165) is 24.4 Å². The van der Waals surface area contributed by atoms with Crippen LogP contribution in [-0.2, 0) is 0 Å². The molecular formula is C14H20N4S. The van der Waals surface area contributed by atoms with Crippen LogP contribution in [0.15, 0.2) is 11.7 Å². The Balaban J connectivity index is 1.95. The largest absolute Gasteiger partial charge is 0.355 e. The molecule has 1 aliphatic heterocycles. The number of nitrogens with two attached hydrogens (primary N) is 1. The number of aromatic nitrogens is 2. The van der Waals surface area contributed by atoms with Gasteiger partial charge in [-0.25, -0.2) is 9.97 Å². The number of hydrogen-bond acceptors (Lipinski definition) is 5. The van der Waals surface area contributed by atoms with Crippen LogP contribution in [0.1, 0.15) is 25.3 Å². The first-order valence-corrected chi connectivity index (χ1v) is 7.74. The lowest BCUT2D eigenvalue weighted by molar-refractivity contribution is 0.363. The summed E-state index contributed by atoms with van der Waals surface area (Å²) >= 11 is 1.75. The molecule has 5 heteroatoms. The van der Waals surface area contributed by atoms with Crippen molar-refractivity contribution < 1.29 is 0 Å². The molecule has 0 amide bonds. The highest BCUT2D eigenvalue weighted by molar-refractivity contribution is 7.18. The second kappa shape index (κ2) is 5.06. The zero-order chi connectivity index (χ0) is 13.4. The van der Waals surface area contributed by atoms with Gasteiger partial charge in [-0.3, -0.25) is 0 Å². The van der Waals surface area contributed by atoms with E-state index >= 15 is 0 Å². The molecule has 3 rings (SSSR count). The summed E-state index contributed by atoms with van der Waals surface area (Å²) in [6.07, 6.45) is 4.11. The van der Waals surface area contributed by atoms with E-state index in [-0.39, 0.29) is 6.04 Å². The van der Waals surface area contributed by atoms with Gasteiger partial charge in [-0.05, 0) is 43.6 Å². The average Bonchev–Trinajstić information content (AvgIpc) is 2.81. The van der Waals surface area contributed by atoms with Crippen LogP contribution in [0.5, 0.6) is 0 Å². The molecule has 0 saturated carbocycles. The van der Waals surface area contributed by atoms with Gasteiger partial charge in [0.1, 0.15) is 12.1 Å². The molecule has 1 fully saturated rings. The standard InChI is InChI=1S/C14H20N4S/c1-9-7-19-13-12(9)16-8-17-14(13)18-5-3-4-11(6-18)10(2)15/h7-8,10-11H,3-6,15H2,1-2H3. The molecule has 0 bridgehead atoms. The highest BCUT2D eigenvalue weighted by Crippen LogP contribution is 2.33. The Bertz CT molecular complexity index is 578. The third kappa shape index (κ3) is 2.32. The summed E-state index contributed by atoms with van der Waals surface area (Å²) in [7, 11) is 0. The number of fused-ring (bicyclic) bond motifs is 1. The Morgan fingerprint density at radius 2 is 2.32 bits per heavy atom. The number of hydrogen-bond donors (Lipinski definition) is 1. The van der Waals surface area contributed by atoms with Crippen molar-refractivity contribution in [1.29, 1.82) is 0 Å². The summed E-state index contributed by atoms with van der Waals surface area (Å²) < 4.78 is 1.21. The molecule has 1 saturated heterocycles. The van der Waals surface area contributed by atoms with E-state index in [0.29, 0.717) is 5.92 Å². The summed E-state index contributed by atoms with van der Waals surface area (Å²) in [4.78, 5) is 11.3. The second-order valence-electron chi connectivity index (χ2n) is 5.50. The van der Waals surface area contributed by atoms with Crippen LogP contribution in [0, 0.1) is 12.8 Å². The monoisotopic (exact) mass is 276 g/mol. The number of piperidine rings is 1. The first kappa shape index (κ1) is 12.8. The SMILES string of the molecule is Cc1csc2c(N3CCCC(C(C)N)C3)ncnc12. The number of anilines is 1. The maximum atomic E-state index is 6.07. The van der Waals surface area contributed by atoms with E-state index in [1.807, 2.05) is 0 Å². The minimum Gasteiger partial charge on any atom is -0.355 e. The first-order chi connectivity index (χ1) is 9.16. The van der Waals surface area contributed by atoms with Gasteiger partial charge in [0.05, 0.1) is 10.2 Å². The van der Waals surface area contributed by atoms with Gasteiger partial charge < -0.3 is 10.6 Å². The van der Waals surface area contributed by atoms with Gasteiger partial charge in [-0.1, -0.05) is 0 Å². The molecule has 0 spiro atoms. The van der Waals surface area contributed by atoms with Crippen LogP contribution >= 0.6 is 11.3 Å². The Hall–Kier alpha value is -1.20. The van der Waals surface area contributed by atoms with Crippen molar-refractivity contribution in [2.45, 2.75) is 32.7 Å². The molecular weight excluding hydrogens is 256 g/mol. The zero-order valence-corrected chi connectivity index (χ0v) is 12.3. The minimum atomic E-state index is 0.255. The van der Waals surface area contributed by atoms with E-state index in [2.05, 4.69) is 34.1 Å². The number of nitrogens with zero attached hydrogens (tertiary/aromatic N) is 3. The van der Waals surface area contributed by atoms with Crippen LogP contribution in [0.2, 0.25) is 0 Å². The summed E-state index contributed by atoms with van der Waals surface area (Å²) in [5.41, 5.74) is 8.40. The highest BCUT2D eigenvalue weighted by Gasteiger charge is 2.25. The van der Waals surface area contributed by atoms with E-state index in [9.17, 15) is 0 Å². The van der Waals surface area contributed by atoms with Crippen molar-refractivity contribution in [2.24, 2.45) is 11.7 Å². The van der Waals surface area contributed by atoms with E-state index in [1.165, 1.54) is 23.1 Å². The zero-order valence-electron chi connectivity index (χ0n) is 11.5. The minimum absolute atomic E-state index is 0.255. The summed E-state index contributed by atoms with van der Waals surface area (Å²) in [6.45, 7) is 6.31.